The monoisotopic (exact) mass is 456 g/mol. The Labute approximate surface area is 199 Å². The number of rotatable bonds is 5. The number of piperazine rings is 1. The van der Waals surface area contributed by atoms with E-state index in [2.05, 4.69) is 29.2 Å². The molecule has 1 aliphatic rings. The quantitative estimate of drug-likeness (QED) is 0.435. The van der Waals surface area contributed by atoms with Crippen LogP contribution in [0.25, 0.3) is 17.1 Å². The molecule has 0 radical (unpaired) electrons. The normalized spacial score (nSPS) is 13.9. The molecule has 0 aliphatic carbocycles. The van der Waals surface area contributed by atoms with Gasteiger partial charge in [-0.1, -0.05) is 24.3 Å². The zero-order valence-electron chi connectivity index (χ0n) is 19.7. The Morgan fingerprint density at radius 3 is 2.47 bits per heavy atom. The predicted octanol–water partition coefficient (Wildman–Crippen LogP) is 4.72. The minimum Gasteiger partial charge on any atom is -0.495 e. The molecule has 0 N–H and O–H groups in total. The van der Waals surface area contributed by atoms with Crippen molar-refractivity contribution >= 4 is 11.6 Å². The highest BCUT2D eigenvalue weighted by Gasteiger charge is 2.28. The first-order valence-corrected chi connectivity index (χ1v) is 11.4. The van der Waals surface area contributed by atoms with Crippen LogP contribution in [0, 0.1) is 13.8 Å². The smallest absolute Gasteiger partial charge is 0.272 e. The van der Waals surface area contributed by atoms with E-state index in [4.69, 9.17) is 14.3 Å². The summed E-state index contributed by atoms with van der Waals surface area (Å²) in [6.45, 7) is 6.77. The number of anilines is 1. The summed E-state index contributed by atoms with van der Waals surface area (Å²) in [6, 6.07) is 19.7. The van der Waals surface area contributed by atoms with Gasteiger partial charge >= 0.3 is 0 Å². The van der Waals surface area contributed by atoms with Gasteiger partial charge in [0.2, 0.25) is 0 Å². The zero-order valence-corrected chi connectivity index (χ0v) is 19.7. The zero-order chi connectivity index (χ0) is 23.7. The van der Waals surface area contributed by atoms with Crippen LogP contribution in [0.3, 0.4) is 0 Å². The van der Waals surface area contributed by atoms with Crippen LogP contribution in [0.1, 0.15) is 21.6 Å². The van der Waals surface area contributed by atoms with E-state index in [0.717, 1.165) is 41.3 Å². The number of nitrogens with zero attached hydrogens (tertiary/aromatic N) is 4. The van der Waals surface area contributed by atoms with Crippen LogP contribution in [0.5, 0.6) is 5.75 Å². The maximum atomic E-state index is 13.7. The van der Waals surface area contributed by atoms with Crippen molar-refractivity contribution in [3.63, 3.8) is 0 Å². The highest BCUT2D eigenvalue weighted by Crippen LogP contribution is 2.29. The van der Waals surface area contributed by atoms with Crippen molar-refractivity contribution in [3.8, 4) is 22.9 Å². The van der Waals surface area contributed by atoms with Crippen molar-refractivity contribution < 1.29 is 13.9 Å². The summed E-state index contributed by atoms with van der Waals surface area (Å²) < 4.78 is 12.9. The number of benzene rings is 2. The molecule has 4 aromatic rings. The minimum absolute atomic E-state index is 0.0362. The van der Waals surface area contributed by atoms with Gasteiger partial charge in [0.1, 0.15) is 17.1 Å². The first kappa shape index (κ1) is 21.8. The van der Waals surface area contributed by atoms with E-state index < -0.39 is 0 Å². The molecule has 3 heterocycles. The molecule has 174 valence electrons. The molecule has 7 nitrogen and oxygen atoms in total. The number of hydrogen-bond donors (Lipinski definition) is 0. The van der Waals surface area contributed by atoms with Crippen molar-refractivity contribution in [2.75, 3.05) is 38.2 Å². The Morgan fingerprint density at radius 2 is 1.74 bits per heavy atom. The van der Waals surface area contributed by atoms with E-state index in [1.54, 1.807) is 18.1 Å². The molecule has 1 amide bonds. The molecule has 34 heavy (non-hydrogen) atoms. The highest BCUT2D eigenvalue weighted by atomic mass is 16.5. The van der Waals surface area contributed by atoms with Gasteiger partial charge in [0, 0.05) is 32.2 Å². The van der Waals surface area contributed by atoms with Gasteiger partial charge in [-0.2, -0.15) is 5.10 Å². The van der Waals surface area contributed by atoms with Gasteiger partial charge < -0.3 is 19.0 Å². The number of hydrogen-bond acceptors (Lipinski definition) is 5. The van der Waals surface area contributed by atoms with Crippen LogP contribution in [0.4, 0.5) is 5.69 Å². The Hall–Kier alpha value is -4.00. The SMILES string of the molecule is COc1ccccc1N1CCN(C(=O)c2cc(-c3ccco3)nn2-c2cc(C)ccc2C)CC1. The third-order valence-corrected chi connectivity index (χ3v) is 6.29. The number of carbonyl (C=O) groups is 1. The van der Waals surface area contributed by atoms with E-state index in [1.807, 2.05) is 55.1 Å². The summed E-state index contributed by atoms with van der Waals surface area (Å²) in [4.78, 5) is 17.9. The molecule has 1 fully saturated rings. The summed E-state index contributed by atoms with van der Waals surface area (Å²) in [7, 11) is 1.68. The van der Waals surface area contributed by atoms with Crippen LogP contribution in [-0.2, 0) is 0 Å². The third-order valence-electron chi connectivity index (χ3n) is 6.29. The lowest BCUT2D eigenvalue weighted by Gasteiger charge is -2.36. The second-order valence-electron chi connectivity index (χ2n) is 8.54. The Balaban J connectivity index is 1.44. The van der Waals surface area contributed by atoms with Gasteiger partial charge in [-0.05, 0) is 55.3 Å². The van der Waals surface area contributed by atoms with E-state index >= 15 is 0 Å². The number of para-hydroxylation sites is 2. The van der Waals surface area contributed by atoms with E-state index in [1.165, 1.54) is 0 Å². The predicted molar refractivity (Wildman–Crippen MR) is 132 cm³/mol. The number of ether oxygens (including phenoxy) is 1. The molecule has 7 heteroatoms. The lowest BCUT2D eigenvalue weighted by molar-refractivity contribution is 0.0737. The van der Waals surface area contributed by atoms with E-state index in [-0.39, 0.29) is 5.91 Å². The number of furan rings is 1. The van der Waals surface area contributed by atoms with Crippen molar-refractivity contribution in [3.05, 3.63) is 83.7 Å². The van der Waals surface area contributed by atoms with Crippen LogP contribution in [-0.4, -0.2) is 53.9 Å². The average molecular weight is 457 g/mol. The van der Waals surface area contributed by atoms with Crippen LogP contribution < -0.4 is 9.64 Å². The Bertz CT molecular complexity index is 1300. The molecule has 5 rings (SSSR count). The molecule has 1 saturated heterocycles. The summed E-state index contributed by atoms with van der Waals surface area (Å²) >= 11 is 0. The van der Waals surface area contributed by atoms with Crippen molar-refractivity contribution in [2.45, 2.75) is 13.8 Å². The number of methoxy groups -OCH3 is 1. The maximum Gasteiger partial charge on any atom is 0.272 e. The van der Waals surface area contributed by atoms with Crippen molar-refractivity contribution in [2.24, 2.45) is 0 Å². The molecule has 0 unspecified atom stereocenters. The Kier molecular flexibility index (Phi) is 5.84. The van der Waals surface area contributed by atoms with Gasteiger partial charge in [0.15, 0.2) is 5.76 Å². The minimum atomic E-state index is -0.0362. The number of amides is 1. The van der Waals surface area contributed by atoms with Crippen molar-refractivity contribution in [1.29, 1.82) is 0 Å². The molecule has 0 atom stereocenters. The van der Waals surface area contributed by atoms with Crippen LogP contribution in [0.2, 0.25) is 0 Å². The Morgan fingerprint density at radius 1 is 0.941 bits per heavy atom. The van der Waals surface area contributed by atoms with Gasteiger partial charge in [-0.15, -0.1) is 0 Å². The molecule has 0 saturated carbocycles. The van der Waals surface area contributed by atoms with Crippen LogP contribution >= 0.6 is 0 Å². The average Bonchev–Trinajstić information content (AvgIpc) is 3.55. The summed E-state index contributed by atoms with van der Waals surface area (Å²) in [5.74, 6) is 1.45. The van der Waals surface area contributed by atoms with Gasteiger partial charge in [0.25, 0.3) is 5.91 Å². The van der Waals surface area contributed by atoms with E-state index in [9.17, 15) is 4.79 Å². The number of carbonyl (C=O) groups excluding carboxylic acids is 1. The first-order chi connectivity index (χ1) is 16.5. The summed E-state index contributed by atoms with van der Waals surface area (Å²) in [6.07, 6.45) is 1.62. The number of aromatic nitrogens is 2. The fourth-order valence-electron chi connectivity index (χ4n) is 4.41. The second kappa shape index (κ2) is 9.09. The maximum absolute atomic E-state index is 13.7. The fourth-order valence-corrected chi connectivity index (χ4v) is 4.41. The lowest BCUT2D eigenvalue weighted by atomic mass is 10.1. The topological polar surface area (TPSA) is 63.7 Å². The molecule has 0 bridgehead atoms. The molecule has 0 spiro atoms. The summed E-state index contributed by atoms with van der Waals surface area (Å²) in [5.41, 5.74) is 5.29. The van der Waals surface area contributed by atoms with E-state index in [0.29, 0.717) is 30.2 Å². The van der Waals surface area contributed by atoms with Gasteiger partial charge in [-0.3, -0.25) is 4.79 Å². The molecule has 2 aromatic carbocycles. The fraction of sp³-hybridized carbons (Fsp3) is 0.259. The lowest BCUT2D eigenvalue weighted by Crippen LogP contribution is -2.49. The van der Waals surface area contributed by atoms with Gasteiger partial charge in [0.05, 0.1) is 24.7 Å². The molecule has 2 aromatic heterocycles. The third kappa shape index (κ3) is 4.05. The largest absolute Gasteiger partial charge is 0.495 e. The van der Waals surface area contributed by atoms with Gasteiger partial charge in [-0.25, -0.2) is 4.68 Å². The van der Waals surface area contributed by atoms with Crippen molar-refractivity contribution in [1.82, 2.24) is 14.7 Å². The first-order valence-electron chi connectivity index (χ1n) is 11.4. The molecular formula is C27H28N4O3. The summed E-state index contributed by atoms with van der Waals surface area (Å²) in [5, 5.41) is 4.77. The molecular weight excluding hydrogens is 428 g/mol. The highest BCUT2D eigenvalue weighted by molar-refractivity contribution is 5.94. The van der Waals surface area contributed by atoms with Crippen LogP contribution in [0.15, 0.2) is 71.3 Å². The second-order valence-corrected chi connectivity index (χ2v) is 8.54. The standard InChI is InChI=1S/C27H28N4O3/c1-19-10-11-20(2)23(17-19)31-24(18-21(28-31)25-9-6-16-34-25)27(32)30-14-12-29(13-15-30)22-7-4-5-8-26(22)33-3/h4-11,16-18H,12-15H2,1-3H3. The molecule has 1 aliphatic heterocycles. The number of aryl methyl sites for hydroxylation is 2.